The van der Waals surface area contributed by atoms with Crippen LogP contribution in [0.1, 0.15) is 27.2 Å². The zero-order valence-electron chi connectivity index (χ0n) is 16.2. The Balaban J connectivity index is 1.58. The van der Waals surface area contributed by atoms with Gasteiger partial charge in [-0.05, 0) is 53.7 Å². The Morgan fingerprint density at radius 1 is 1.19 bits per heavy atom. The van der Waals surface area contributed by atoms with Gasteiger partial charge in [-0.25, -0.2) is 4.79 Å². The van der Waals surface area contributed by atoms with Gasteiger partial charge >= 0.3 is 5.97 Å². The lowest BCUT2D eigenvalue weighted by atomic mass is 10.1. The number of nitrogens with zero attached hydrogens (tertiary/aromatic N) is 2. The molecule has 0 bridgehead atoms. The number of amides is 2. The molecule has 1 aromatic heterocycles. The van der Waals surface area contributed by atoms with Crippen LogP contribution in [0.5, 0.6) is 0 Å². The largest absolute Gasteiger partial charge is 0.478 e. The lowest BCUT2D eigenvalue weighted by Crippen LogP contribution is -2.27. The molecule has 32 heavy (non-hydrogen) atoms. The number of carbonyl (C=O) groups excluding carboxylic acids is 2. The van der Waals surface area contributed by atoms with E-state index in [9.17, 15) is 24.8 Å². The number of hydrogen-bond donors (Lipinski definition) is 1. The molecule has 1 N–H and O–H groups in total. The van der Waals surface area contributed by atoms with Crippen molar-refractivity contribution in [3.63, 3.8) is 0 Å². The van der Waals surface area contributed by atoms with E-state index in [1.807, 2.05) is 0 Å². The zero-order valence-corrected chi connectivity index (χ0v) is 17.8. The average molecular weight is 465 g/mol. The molecule has 1 saturated heterocycles. The fraction of sp³-hybridized carbons (Fsp3) is 0.0435. The number of hydrogen-bond acceptors (Lipinski definition) is 6. The molecule has 9 heteroatoms. The Morgan fingerprint density at radius 2 is 1.97 bits per heavy atom. The highest BCUT2D eigenvalue weighted by molar-refractivity contribution is 8.18. The van der Waals surface area contributed by atoms with Gasteiger partial charge in [0.05, 0.1) is 33.7 Å². The molecule has 7 nitrogen and oxygen atoms in total. The number of thioether (sulfide) groups is 1. The molecular formula is C23H13ClN2O5S. The maximum atomic E-state index is 12.8. The number of carboxylic acids is 1. The molecule has 1 fully saturated rings. The lowest BCUT2D eigenvalue weighted by molar-refractivity contribution is -0.123. The van der Waals surface area contributed by atoms with Crippen LogP contribution in [0.3, 0.4) is 0 Å². The highest BCUT2D eigenvalue weighted by Crippen LogP contribution is 2.35. The summed E-state index contributed by atoms with van der Waals surface area (Å²) in [6, 6.07) is 16.3. The van der Waals surface area contributed by atoms with Crippen LogP contribution in [0.4, 0.5) is 4.79 Å². The van der Waals surface area contributed by atoms with E-state index >= 15 is 0 Å². The zero-order chi connectivity index (χ0) is 22.8. The summed E-state index contributed by atoms with van der Waals surface area (Å²) >= 11 is 6.95. The Kier molecular flexibility index (Phi) is 5.86. The second-order valence-electron chi connectivity index (χ2n) is 6.74. The normalized spacial score (nSPS) is 14.8. The SMILES string of the molecule is N#Cc1ccccc1CN1C(=O)SC(=Cc2ccc(-c3cc(C(=O)O)ccc3Cl)o2)C1=O. The molecule has 2 heterocycles. The van der Waals surface area contributed by atoms with Gasteiger partial charge in [-0.2, -0.15) is 5.26 Å². The summed E-state index contributed by atoms with van der Waals surface area (Å²) in [5.74, 6) is -0.954. The number of halogens is 1. The molecule has 3 aromatic rings. The average Bonchev–Trinajstić information content (AvgIpc) is 3.34. The molecule has 1 aliphatic heterocycles. The summed E-state index contributed by atoms with van der Waals surface area (Å²) < 4.78 is 5.73. The fourth-order valence-electron chi connectivity index (χ4n) is 3.13. The Bertz CT molecular complexity index is 1340. The van der Waals surface area contributed by atoms with E-state index in [-0.39, 0.29) is 17.0 Å². The van der Waals surface area contributed by atoms with E-state index < -0.39 is 17.1 Å². The number of carboxylic acid groups (broad SMARTS) is 1. The minimum Gasteiger partial charge on any atom is -0.478 e. The number of benzene rings is 2. The third-order valence-electron chi connectivity index (χ3n) is 4.72. The maximum Gasteiger partial charge on any atom is 0.335 e. The van der Waals surface area contributed by atoms with Gasteiger partial charge in [0, 0.05) is 11.6 Å². The first-order valence-corrected chi connectivity index (χ1v) is 10.4. The molecule has 0 spiro atoms. The number of aromatic carboxylic acids is 1. The second kappa shape index (κ2) is 8.75. The van der Waals surface area contributed by atoms with E-state index in [4.69, 9.17) is 16.0 Å². The van der Waals surface area contributed by atoms with Gasteiger partial charge in [0.25, 0.3) is 11.1 Å². The molecule has 2 amide bonds. The molecule has 0 radical (unpaired) electrons. The van der Waals surface area contributed by atoms with Crippen molar-refractivity contribution in [2.45, 2.75) is 6.54 Å². The second-order valence-corrected chi connectivity index (χ2v) is 8.14. The topological polar surface area (TPSA) is 112 Å². The highest BCUT2D eigenvalue weighted by Gasteiger charge is 2.35. The molecule has 1 aliphatic rings. The highest BCUT2D eigenvalue weighted by atomic mass is 35.5. The molecule has 0 saturated carbocycles. The predicted molar refractivity (Wildman–Crippen MR) is 119 cm³/mol. The van der Waals surface area contributed by atoms with Crippen molar-refractivity contribution in [2.24, 2.45) is 0 Å². The Hall–Kier alpha value is -3.80. The van der Waals surface area contributed by atoms with Crippen LogP contribution in [0.25, 0.3) is 17.4 Å². The van der Waals surface area contributed by atoms with Crippen molar-refractivity contribution < 1.29 is 23.9 Å². The smallest absolute Gasteiger partial charge is 0.335 e. The van der Waals surface area contributed by atoms with Crippen LogP contribution in [0.2, 0.25) is 5.02 Å². The van der Waals surface area contributed by atoms with Crippen LogP contribution in [-0.4, -0.2) is 27.1 Å². The Morgan fingerprint density at radius 3 is 2.72 bits per heavy atom. The Labute approximate surface area is 191 Å². The van der Waals surface area contributed by atoms with Gasteiger partial charge in [-0.15, -0.1) is 0 Å². The third kappa shape index (κ3) is 4.17. The van der Waals surface area contributed by atoms with Crippen LogP contribution in [0, 0.1) is 11.3 Å². The first-order chi connectivity index (χ1) is 15.4. The van der Waals surface area contributed by atoms with Crippen molar-refractivity contribution >= 4 is 46.6 Å². The lowest BCUT2D eigenvalue weighted by Gasteiger charge is -2.13. The van der Waals surface area contributed by atoms with Gasteiger partial charge in [0.15, 0.2) is 0 Å². The van der Waals surface area contributed by atoms with Gasteiger partial charge in [-0.3, -0.25) is 14.5 Å². The molecule has 2 aromatic carbocycles. The monoisotopic (exact) mass is 464 g/mol. The first kappa shape index (κ1) is 21.4. The van der Waals surface area contributed by atoms with Gasteiger partial charge in [0.1, 0.15) is 11.5 Å². The predicted octanol–water partition coefficient (Wildman–Crippen LogP) is 5.41. The van der Waals surface area contributed by atoms with Crippen LogP contribution in [0.15, 0.2) is 63.9 Å². The van der Waals surface area contributed by atoms with Crippen molar-refractivity contribution in [1.29, 1.82) is 5.26 Å². The quantitative estimate of drug-likeness (QED) is 0.502. The summed E-state index contributed by atoms with van der Waals surface area (Å²) in [6.45, 7) is -0.00721. The standard InChI is InChI=1S/C23H13ClN2O5S/c24-18-7-5-13(22(28)29)9-17(18)19-8-6-16(31-19)10-20-21(27)26(23(30)32-20)12-15-4-2-1-3-14(15)11-25/h1-10H,12H2,(H,28,29). The number of carbonyl (C=O) groups is 3. The van der Waals surface area contributed by atoms with Gasteiger partial charge in [-0.1, -0.05) is 29.8 Å². The molecule has 0 unspecified atom stereocenters. The summed E-state index contributed by atoms with van der Waals surface area (Å²) in [6.07, 6.45) is 1.44. The third-order valence-corrected chi connectivity index (χ3v) is 5.96. The summed E-state index contributed by atoms with van der Waals surface area (Å²) in [4.78, 5) is 37.7. The van der Waals surface area contributed by atoms with E-state index in [0.29, 0.717) is 33.2 Å². The van der Waals surface area contributed by atoms with Crippen LogP contribution >= 0.6 is 23.4 Å². The van der Waals surface area contributed by atoms with E-state index in [2.05, 4.69) is 6.07 Å². The minimum atomic E-state index is -1.10. The summed E-state index contributed by atoms with van der Waals surface area (Å²) in [5, 5.41) is 18.3. The molecule has 4 rings (SSSR count). The number of imide groups is 1. The molecular weight excluding hydrogens is 452 g/mol. The van der Waals surface area contributed by atoms with Gasteiger partial charge < -0.3 is 9.52 Å². The fourth-order valence-corrected chi connectivity index (χ4v) is 4.15. The molecule has 0 aliphatic carbocycles. The summed E-state index contributed by atoms with van der Waals surface area (Å²) in [7, 11) is 0. The maximum absolute atomic E-state index is 12.8. The summed E-state index contributed by atoms with van der Waals surface area (Å²) in [5.41, 5.74) is 1.42. The minimum absolute atomic E-state index is 0.00721. The van der Waals surface area contributed by atoms with Crippen molar-refractivity contribution in [2.75, 3.05) is 0 Å². The first-order valence-electron chi connectivity index (χ1n) is 9.24. The van der Waals surface area contributed by atoms with Crippen molar-refractivity contribution in [3.05, 3.63) is 87.0 Å². The number of rotatable bonds is 5. The van der Waals surface area contributed by atoms with Crippen molar-refractivity contribution in [1.82, 2.24) is 4.90 Å². The molecule has 0 atom stereocenters. The van der Waals surface area contributed by atoms with Crippen LogP contribution in [-0.2, 0) is 11.3 Å². The van der Waals surface area contributed by atoms with Crippen molar-refractivity contribution in [3.8, 4) is 17.4 Å². The molecule has 158 valence electrons. The van der Waals surface area contributed by atoms with E-state index in [1.54, 1.807) is 36.4 Å². The van der Waals surface area contributed by atoms with E-state index in [1.165, 1.54) is 24.3 Å². The van der Waals surface area contributed by atoms with Gasteiger partial charge in [0.2, 0.25) is 0 Å². The number of furan rings is 1. The van der Waals surface area contributed by atoms with E-state index in [0.717, 1.165) is 16.7 Å². The van der Waals surface area contributed by atoms with Crippen LogP contribution < -0.4 is 0 Å². The number of nitriles is 1.